The molecule has 0 atom stereocenters. The third kappa shape index (κ3) is 4.84. The standard InChI is InChI=1S/C28H23FN2O3/c1-3-33-25-13-14-31-28(21-9-10-22(17-30)23(29)15-21)27(25)20-11-12-24(32-2)26(16-20)34-18-19-7-5-4-6-8-19/h4-16H,3,18H2,1-2H3. The number of pyridine rings is 1. The van der Waals surface area contributed by atoms with Crippen molar-refractivity contribution in [3.63, 3.8) is 0 Å². The summed E-state index contributed by atoms with van der Waals surface area (Å²) in [5.41, 5.74) is 3.55. The van der Waals surface area contributed by atoms with Gasteiger partial charge in [0.05, 0.1) is 30.5 Å². The van der Waals surface area contributed by atoms with E-state index in [9.17, 15) is 4.39 Å². The molecule has 0 aliphatic carbocycles. The summed E-state index contributed by atoms with van der Waals surface area (Å²) in [7, 11) is 1.59. The monoisotopic (exact) mass is 454 g/mol. The Morgan fingerprint density at radius 2 is 1.68 bits per heavy atom. The molecular weight excluding hydrogens is 431 g/mol. The van der Waals surface area contributed by atoms with E-state index in [1.165, 1.54) is 12.1 Å². The Balaban J connectivity index is 1.81. The largest absolute Gasteiger partial charge is 0.493 e. The molecule has 0 bridgehead atoms. The predicted molar refractivity (Wildman–Crippen MR) is 128 cm³/mol. The Hall–Kier alpha value is -4.37. The molecule has 1 aromatic heterocycles. The first-order valence-corrected chi connectivity index (χ1v) is 10.8. The molecular formula is C28H23FN2O3. The van der Waals surface area contributed by atoms with Gasteiger partial charge >= 0.3 is 0 Å². The highest BCUT2D eigenvalue weighted by Gasteiger charge is 2.18. The number of aromatic nitrogens is 1. The number of nitrogens with zero attached hydrogens (tertiary/aromatic N) is 2. The maximum atomic E-state index is 14.4. The average Bonchev–Trinajstić information content (AvgIpc) is 2.88. The topological polar surface area (TPSA) is 64.4 Å². The minimum absolute atomic E-state index is 0.0210. The van der Waals surface area contributed by atoms with Crippen molar-refractivity contribution >= 4 is 0 Å². The fourth-order valence-electron chi connectivity index (χ4n) is 3.65. The molecule has 6 heteroatoms. The van der Waals surface area contributed by atoms with E-state index in [2.05, 4.69) is 4.98 Å². The summed E-state index contributed by atoms with van der Waals surface area (Å²) in [6, 6.07) is 23.5. The van der Waals surface area contributed by atoms with Gasteiger partial charge in [0.15, 0.2) is 11.5 Å². The van der Waals surface area contributed by atoms with Crippen LogP contribution < -0.4 is 14.2 Å². The first-order chi connectivity index (χ1) is 16.6. The fourth-order valence-corrected chi connectivity index (χ4v) is 3.65. The zero-order chi connectivity index (χ0) is 23.9. The smallest absolute Gasteiger partial charge is 0.162 e. The van der Waals surface area contributed by atoms with Gasteiger partial charge in [-0.15, -0.1) is 0 Å². The lowest BCUT2D eigenvalue weighted by Gasteiger charge is -2.17. The molecule has 0 unspecified atom stereocenters. The summed E-state index contributed by atoms with van der Waals surface area (Å²) in [5, 5.41) is 9.09. The van der Waals surface area contributed by atoms with Crippen LogP contribution in [-0.4, -0.2) is 18.7 Å². The molecule has 1 heterocycles. The predicted octanol–water partition coefficient (Wildman–Crippen LogP) is 6.41. The molecule has 4 rings (SSSR count). The van der Waals surface area contributed by atoms with Crippen LogP contribution in [0.1, 0.15) is 18.1 Å². The Kier molecular flexibility index (Phi) is 7.04. The molecule has 0 saturated heterocycles. The Labute approximate surface area is 198 Å². The highest BCUT2D eigenvalue weighted by molar-refractivity contribution is 5.86. The molecule has 4 aromatic rings. The maximum absolute atomic E-state index is 14.4. The van der Waals surface area contributed by atoms with Crippen LogP contribution in [0, 0.1) is 17.1 Å². The lowest BCUT2D eigenvalue weighted by molar-refractivity contribution is 0.284. The minimum atomic E-state index is -0.601. The van der Waals surface area contributed by atoms with Crippen LogP contribution in [0.2, 0.25) is 0 Å². The Morgan fingerprint density at radius 1 is 0.882 bits per heavy atom. The lowest BCUT2D eigenvalue weighted by atomic mass is 9.97. The van der Waals surface area contributed by atoms with Crippen LogP contribution in [-0.2, 0) is 6.61 Å². The zero-order valence-corrected chi connectivity index (χ0v) is 18.9. The quantitative estimate of drug-likeness (QED) is 0.308. The highest BCUT2D eigenvalue weighted by Crippen LogP contribution is 2.41. The van der Waals surface area contributed by atoms with Gasteiger partial charge in [0, 0.05) is 11.8 Å². The van der Waals surface area contributed by atoms with E-state index < -0.39 is 5.82 Å². The van der Waals surface area contributed by atoms with Gasteiger partial charge in [0.25, 0.3) is 0 Å². The van der Waals surface area contributed by atoms with Gasteiger partial charge in [-0.05, 0) is 48.4 Å². The van der Waals surface area contributed by atoms with E-state index >= 15 is 0 Å². The number of ether oxygens (including phenoxy) is 3. The van der Waals surface area contributed by atoms with Gasteiger partial charge in [-0.2, -0.15) is 5.26 Å². The molecule has 5 nitrogen and oxygen atoms in total. The number of methoxy groups -OCH3 is 1. The second-order valence-corrected chi connectivity index (χ2v) is 7.41. The normalized spacial score (nSPS) is 10.4. The summed E-state index contributed by atoms with van der Waals surface area (Å²) in [6.45, 7) is 2.72. The minimum Gasteiger partial charge on any atom is -0.493 e. The molecule has 0 amide bonds. The number of hydrogen-bond donors (Lipinski definition) is 0. The van der Waals surface area contributed by atoms with Crippen molar-refractivity contribution in [2.45, 2.75) is 13.5 Å². The summed E-state index contributed by atoms with van der Waals surface area (Å²) in [6.07, 6.45) is 1.62. The van der Waals surface area contributed by atoms with Crippen molar-refractivity contribution in [3.8, 4) is 45.7 Å². The maximum Gasteiger partial charge on any atom is 0.162 e. The molecule has 0 radical (unpaired) electrons. The molecule has 0 aliphatic heterocycles. The van der Waals surface area contributed by atoms with E-state index in [1.54, 1.807) is 25.4 Å². The van der Waals surface area contributed by atoms with Crippen LogP contribution in [0.15, 0.2) is 79.0 Å². The number of halogens is 1. The third-order valence-corrected chi connectivity index (χ3v) is 5.27. The molecule has 170 valence electrons. The lowest BCUT2D eigenvalue weighted by Crippen LogP contribution is -2.00. The molecule has 0 fully saturated rings. The van der Waals surface area contributed by atoms with Crippen molar-refractivity contribution in [2.24, 2.45) is 0 Å². The van der Waals surface area contributed by atoms with Crippen LogP contribution in [0.3, 0.4) is 0 Å². The molecule has 0 saturated carbocycles. The first kappa shape index (κ1) is 22.8. The van der Waals surface area contributed by atoms with E-state index in [1.807, 2.05) is 61.5 Å². The second-order valence-electron chi connectivity index (χ2n) is 7.41. The zero-order valence-electron chi connectivity index (χ0n) is 18.9. The summed E-state index contributed by atoms with van der Waals surface area (Å²) in [4.78, 5) is 4.53. The first-order valence-electron chi connectivity index (χ1n) is 10.8. The van der Waals surface area contributed by atoms with Gasteiger partial charge in [-0.1, -0.05) is 42.5 Å². The Morgan fingerprint density at radius 3 is 2.38 bits per heavy atom. The van der Waals surface area contributed by atoms with Crippen molar-refractivity contribution in [1.82, 2.24) is 4.98 Å². The second kappa shape index (κ2) is 10.5. The SMILES string of the molecule is CCOc1ccnc(-c2ccc(C#N)c(F)c2)c1-c1ccc(OC)c(OCc2ccccc2)c1. The molecule has 34 heavy (non-hydrogen) atoms. The molecule has 3 aromatic carbocycles. The van der Waals surface area contributed by atoms with Gasteiger partial charge in [-0.25, -0.2) is 4.39 Å². The van der Waals surface area contributed by atoms with Gasteiger partial charge in [-0.3, -0.25) is 4.98 Å². The molecule has 0 aliphatic rings. The van der Waals surface area contributed by atoms with E-state index in [0.29, 0.717) is 47.3 Å². The van der Waals surface area contributed by atoms with Crippen molar-refractivity contribution in [3.05, 3.63) is 95.9 Å². The summed E-state index contributed by atoms with van der Waals surface area (Å²) < 4.78 is 31.9. The van der Waals surface area contributed by atoms with Crippen molar-refractivity contribution < 1.29 is 18.6 Å². The highest BCUT2D eigenvalue weighted by atomic mass is 19.1. The third-order valence-electron chi connectivity index (χ3n) is 5.27. The van der Waals surface area contributed by atoms with Crippen molar-refractivity contribution in [2.75, 3.05) is 13.7 Å². The van der Waals surface area contributed by atoms with Gasteiger partial charge in [0.2, 0.25) is 0 Å². The molecule has 0 spiro atoms. The number of hydrogen-bond acceptors (Lipinski definition) is 5. The van der Waals surface area contributed by atoms with Crippen LogP contribution >= 0.6 is 0 Å². The van der Waals surface area contributed by atoms with Gasteiger partial charge < -0.3 is 14.2 Å². The molecule has 0 N–H and O–H groups in total. The van der Waals surface area contributed by atoms with Crippen LogP contribution in [0.5, 0.6) is 17.2 Å². The fraction of sp³-hybridized carbons (Fsp3) is 0.143. The number of nitriles is 1. The summed E-state index contributed by atoms with van der Waals surface area (Å²) >= 11 is 0. The summed E-state index contributed by atoms with van der Waals surface area (Å²) in [5.74, 6) is 1.16. The van der Waals surface area contributed by atoms with Crippen LogP contribution in [0.4, 0.5) is 4.39 Å². The Bertz CT molecular complexity index is 1330. The number of rotatable bonds is 8. The average molecular weight is 455 g/mol. The number of benzene rings is 3. The van der Waals surface area contributed by atoms with E-state index in [0.717, 1.165) is 11.1 Å². The van der Waals surface area contributed by atoms with Crippen molar-refractivity contribution in [1.29, 1.82) is 5.26 Å². The van der Waals surface area contributed by atoms with Gasteiger partial charge in [0.1, 0.15) is 24.2 Å². The van der Waals surface area contributed by atoms with E-state index in [-0.39, 0.29) is 5.56 Å². The van der Waals surface area contributed by atoms with Crippen LogP contribution in [0.25, 0.3) is 22.4 Å². The van der Waals surface area contributed by atoms with E-state index in [4.69, 9.17) is 19.5 Å².